The molecule has 2 aromatic heterocycles. The van der Waals surface area contributed by atoms with Crippen LogP contribution in [0.15, 0.2) is 29.1 Å². The maximum atomic E-state index is 13.8. The molecule has 0 aliphatic heterocycles. The van der Waals surface area contributed by atoms with Crippen LogP contribution in [0.3, 0.4) is 0 Å². The van der Waals surface area contributed by atoms with E-state index in [9.17, 15) is 13.6 Å². The molecule has 1 aromatic carbocycles. The average molecular weight is 389 g/mol. The molecule has 0 fully saturated rings. The average Bonchev–Trinajstić information content (AvgIpc) is 2.62. The van der Waals surface area contributed by atoms with Crippen molar-refractivity contribution in [3.63, 3.8) is 0 Å². The van der Waals surface area contributed by atoms with Gasteiger partial charge in [0.1, 0.15) is 5.65 Å². The third kappa shape index (κ3) is 3.43. The van der Waals surface area contributed by atoms with Gasteiger partial charge in [0, 0.05) is 17.2 Å². The molecule has 0 saturated heterocycles. The van der Waals surface area contributed by atoms with E-state index in [2.05, 4.69) is 9.97 Å². The summed E-state index contributed by atoms with van der Waals surface area (Å²) >= 11 is 5.30. The van der Waals surface area contributed by atoms with E-state index in [0.29, 0.717) is 5.69 Å². The van der Waals surface area contributed by atoms with E-state index in [1.54, 1.807) is 4.57 Å². The molecule has 4 nitrogen and oxygen atoms in total. The van der Waals surface area contributed by atoms with Gasteiger partial charge in [0.15, 0.2) is 4.77 Å². The summed E-state index contributed by atoms with van der Waals surface area (Å²) in [5.74, 6) is 0. The minimum absolute atomic E-state index is 0.0927. The number of aryl methyl sites for hydroxylation is 2. The van der Waals surface area contributed by atoms with Gasteiger partial charge in [-0.3, -0.25) is 14.3 Å². The van der Waals surface area contributed by atoms with E-state index in [4.69, 9.17) is 12.2 Å². The SMILES string of the molecule is CCC(C)n1c(=S)[nH]c(=O)c2c(C(F)F)cc(-c3ccc(C)c(C)c3)nc21. The number of fused-ring (bicyclic) bond motifs is 1. The van der Waals surface area contributed by atoms with Gasteiger partial charge in [-0.1, -0.05) is 19.1 Å². The summed E-state index contributed by atoms with van der Waals surface area (Å²) in [4.78, 5) is 19.5. The second-order valence-electron chi connectivity index (χ2n) is 6.78. The molecule has 142 valence electrons. The van der Waals surface area contributed by atoms with Crippen molar-refractivity contribution in [2.75, 3.05) is 0 Å². The van der Waals surface area contributed by atoms with Gasteiger partial charge in [0.05, 0.1) is 11.1 Å². The molecule has 1 N–H and O–H groups in total. The summed E-state index contributed by atoms with van der Waals surface area (Å²) in [6.07, 6.45) is -2.09. The van der Waals surface area contributed by atoms with Gasteiger partial charge in [-0.25, -0.2) is 13.8 Å². The van der Waals surface area contributed by atoms with Crippen LogP contribution in [0.5, 0.6) is 0 Å². The van der Waals surface area contributed by atoms with Crippen LogP contribution in [-0.2, 0) is 0 Å². The summed E-state index contributed by atoms with van der Waals surface area (Å²) < 4.78 is 29.5. The maximum Gasteiger partial charge on any atom is 0.264 e. The molecule has 2 heterocycles. The lowest BCUT2D eigenvalue weighted by Gasteiger charge is -2.18. The third-order valence-corrected chi connectivity index (χ3v) is 5.29. The van der Waals surface area contributed by atoms with Crippen molar-refractivity contribution in [2.45, 2.75) is 46.6 Å². The molecule has 0 amide bonds. The van der Waals surface area contributed by atoms with Crippen molar-refractivity contribution in [1.82, 2.24) is 14.5 Å². The Labute approximate surface area is 160 Å². The van der Waals surface area contributed by atoms with Crippen LogP contribution in [-0.4, -0.2) is 14.5 Å². The topological polar surface area (TPSA) is 50.7 Å². The minimum Gasteiger partial charge on any atom is -0.300 e. The fraction of sp³-hybridized carbons (Fsp3) is 0.350. The van der Waals surface area contributed by atoms with Gasteiger partial charge >= 0.3 is 0 Å². The van der Waals surface area contributed by atoms with Crippen LogP contribution in [0.4, 0.5) is 8.78 Å². The van der Waals surface area contributed by atoms with Gasteiger partial charge in [0.25, 0.3) is 12.0 Å². The van der Waals surface area contributed by atoms with Crippen LogP contribution in [0.2, 0.25) is 0 Å². The van der Waals surface area contributed by atoms with Gasteiger partial charge in [-0.05, 0) is 62.7 Å². The van der Waals surface area contributed by atoms with Crippen molar-refractivity contribution in [1.29, 1.82) is 0 Å². The first kappa shape index (κ1) is 19.4. The third-order valence-electron chi connectivity index (χ3n) is 4.99. The largest absolute Gasteiger partial charge is 0.300 e. The standard InChI is InChI=1S/C20H21F2N3OS/c1-5-12(4)25-18-16(19(26)24-20(25)27)14(17(21)22)9-15(23-18)13-7-6-10(2)11(3)8-13/h6-9,12,17H,5H2,1-4H3,(H,24,26,27). The van der Waals surface area contributed by atoms with Gasteiger partial charge in [-0.2, -0.15) is 0 Å². The first-order valence-electron chi connectivity index (χ1n) is 8.79. The lowest BCUT2D eigenvalue weighted by Crippen LogP contribution is -2.19. The van der Waals surface area contributed by atoms with Crippen molar-refractivity contribution in [3.8, 4) is 11.3 Å². The van der Waals surface area contributed by atoms with Crippen molar-refractivity contribution >= 4 is 23.3 Å². The van der Waals surface area contributed by atoms with E-state index in [0.717, 1.165) is 23.1 Å². The number of nitrogens with zero attached hydrogens (tertiary/aromatic N) is 2. The number of benzene rings is 1. The highest BCUT2D eigenvalue weighted by molar-refractivity contribution is 7.71. The Morgan fingerprint density at radius 2 is 1.93 bits per heavy atom. The lowest BCUT2D eigenvalue weighted by molar-refractivity contribution is 0.153. The number of hydrogen-bond donors (Lipinski definition) is 1. The molecule has 27 heavy (non-hydrogen) atoms. The number of aromatic nitrogens is 3. The van der Waals surface area contributed by atoms with Crippen molar-refractivity contribution < 1.29 is 8.78 Å². The molecule has 1 unspecified atom stereocenters. The predicted octanol–water partition coefficient (Wildman–Crippen LogP) is 5.65. The fourth-order valence-corrected chi connectivity index (χ4v) is 3.45. The Bertz CT molecular complexity index is 1130. The molecule has 3 rings (SSSR count). The normalized spacial score (nSPS) is 12.7. The highest BCUT2D eigenvalue weighted by atomic mass is 32.1. The van der Waals surface area contributed by atoms with E-state index in [1.807, 2.05) is 45.9 Å². The first-order valence-corrected chi connectivity index (χ1v) is 9.20. The van der Waals surface area contributed by atoms with Gasteiger partial charge in [0.2, 0.25) is 0 Å². The number of H-pyrrole nitrogens is 1. The summed E-state index contributed by atoms with van der Waals surface area (Å²) in [5.41, 5.74) is 2.50. The molecule has 0 bridgehead atoms. The Balaban J connectivity index is 2.46. The number of hydrogen-bond acceptors (Lipinski definition) is 3. The van der Waals surface area contributed by atoms with Gasteiger partial charge in [-0.15, -0.1) is 0 Å². The smallest absolute Gasteiger partial charge is 0.264 e. The number of alkyl halides is 2. The summed E-state index contributed by atoms with van der Waals surface area (Å²) in [6, 6.07) is 6.90. The molecule has 0 spiro atoms. The van der Waals surface area contributed by atoms with Gasteiger partial charge < -0.3 is 0 Å². The quantitative estimate of drug-likeness (QED) is 0.587. The van der Waals surface area contributed by atoms with E-state index in [1.165, 1.54) is 6.07 Å². The lowest BCUT2D eigenvalue weighted by atomic mass is 10.0. The number of rotatable bonds is 4. The number of halogens is 2. The van der Waals surface area contributed by atoms with Crippen LogP contribution in [0, 0.1) is 18.6 Å². The monoisotopic (exact) mass is 389 g/mol. The second-order valence-corrected chi connectivity index (χ2v) is 7.17. The highest BCUT2D eigenvalue weighted by Gasteiger charge is 2.21. The maximum absolute atomic E-state index is 13.8. The predicted molar refractivity (Wildman–Crippen MR) is 106 cm³/mol. The molecule has 1 atom stereocenters. The first-order chi connectivity index (χ1) is 12.7. The van der Waals surface area contributed by atoms with E-state index in [-0.39, 0.29) is 27.4 Å². The van der Waals surface area contributed by atoms with Crippen LogP contribution in [0.25, 0.3) is 22.3 Å². The zero-order valence-corrected chi connectivity index (χ0v) is 16.5. The van der Waals surface area contributed by atoms with Crippen molar-refractivity contribution in [2.24, 2.45) is 0 Å². The Hall–Kier alpha value is -2.41. The molecule has 0 radical (unpaired) electrons. The molecular weight excluding hydrogens is 368 g/mol. The summed E-state index contributed by atoms with van der Waals surface area (Å²) in [7, 11) is 0. The molecule has 0 aliphatic rings. The number of aromatic amines is 1. The van der Waals surface area contributed by atoms with Crippen molar-refractivity contribution in [3.05, 3.63) is 56.1 Å². The Morgan fingerprint density at radius 3 is 2.52 bits per heavy atom. The fourth-order valence-electron chi connectivity index (χ4n) is 3.09. The Morgan fingerprint density at radius 1 is 1.22 bits per heavy atom. The number of pyridine rings is 1. The Kier molecular flexibility index (Phi) is 5.24. The molecular formula is C20H21F2N3OS. The minimum atomic E-state index is -2.80. The zero-order chi connectivity index (χ0) is 19.9. The second kappa shape index (κ2) is 7.31. The van der Waals surface area contributed by atoms with Crippen LogP contribution >= 0.6 is 12.2 Å². The zero-order valence-electron chi connectivity index (χ0n) is 15.6. The molecule has 0 aliphatic carbocycles. The summed E-state index contributed by atoms with van der Waals surface area (Å²) in [6.45, 7) is 7.82. The number of nitrogens with one attached hydrogen (secondary N) is 1. The highest BCUT2D eigenvalue weighted by Crippen LogP contribution is 2.31. The molecule has 3 aromatic rings. The molecule has 7 heteroatoms. The van der Waals surface area contributed by atoms with Crippen LogP contribution in [0.1, 0.15) is 49.4 Å². The van der Waals surface area contributed by atoms with E-state index < -0.39 is 12.0 Å². The summed E-state index contributed by atoms with van der Waals surface area (Å²) in [5, 5.41) is -0.105. The molecule has 0 saturated carbocycles. The van der Waals surface area contributed by atoms with Crippen LogP contribution < -0.4 is 5.56 Å². The van der Waals surface area contributed by atoms with E-state index >= 15 is 0 Å².